The highest BCUT2D eigenvalue weighted by Gasteiger charge is 2.60. The lowest BCUT2D eigenvalue weighted by Crippen LogP contribution is -2.59. The lowest BCUT2D eigenvalue weighted by atomic mass is 9.85. The largest absolute Gasteiger partial charge is 0.387 e. The second kappa shape index (κ2) is 12.9. The SMILES string of the molecule is CCC[C@H](NC(=O)[C@@H]1C[C@]2(CC(c3cccc(Cl)c3)=NO2)CN1C(=O)[C@@H](NC(=O)[C@@H]1CC12CCOCC2)C(C)(C)C)C(=O)C(N)=O. The van der Waals surface area contributed by atoms with Gasteiger partial charge in [0.1, 0.15) is 12.1 Å². The van der Waals surface area contributed by atoms with Crippen molar-refractivity contribution in [1.82, 2.24) is 15.5 Å². The molecule has 2 spiro atoms. The predicted octanol–water partition coefficient (Wildman–Crippen LogP) is 2.49. The number of carbonyl (C=O) groups excluding carboxylic acids is 5. The molecule has 13 heteroatoms. The molecule has 1 aromatic rings. The minimum atomic E-state index is -1.15. The Bertz CT molecular complexity index is 1440. The van der Waals surface area contributed by atoms with Crippen molar-refractivity contribution in [2.45, 2.75) is 96.4 Å². The second-order valence-electron chi connectivity index (χ2n) is 14.3. The summed E-state index contributed by atoms with van der Waals surface area (Å²) in [6.07, 6.45) is 3.48. The van der Waals surface area contributed by atoms with Crippen molar-refractivity contribution in [3.8, 4) is 0 Å². The number of carbonyl (C=O) groups is 5. The van der Waals surface area contributed by atoms with E-state index in [-0.39, 0.29) is 36.6 Å². The monoisotopic (exact) mass is 657 g/mol. The molecule has 12 nitrogen and oxygen atoms in total. The van der Waals surface area contributed by atoms with Crippen molar-refractivity contribution in [2.24, 2.45) is 27.6 Å². The quantitative estimate of drug-likeness (QED) is 0.325. The first-order valence-corrected chi connectivity index (χ1v) is 16.4. The maximum Gasteiger partial charge on any atom is 0.287 e. The van der Waals surface area contributed by atoms with Gasteiger partial charge in [-0.1, -0.05) is 63.0 Å². The topological polar surface area (TPSA) is 169 Å². The van der Waals surface area contributed by atoms with Crippen molar-refractivity contribution in [2.75, 3.05) is 19.8 Å². The first-order chi connectivity index (χ1) is 21.7. The summed E-state index contributed by atoms with van der Waals surface area (Å²) in [4.78, 5) is 73.7. The minimum Gasteiger partial charge on any atom is -0.387 e. The number of halogens is 1. The Labute approximate surface area is 274 Å². The van der Waals surface area contributed by atoms with Crippen LogP contribution in [-0.4, -0.2) is 83.5 Å². The van der Waals surface area contributed by atoms with Gasteiger partial charge in [-0.3, -0.25) is 24.0 Å². The predicted molar refractivity (Wildman–Crippen MR) is 170 cm³/mol. The summed E-state index contributed by atoms with van der Waals surface area (Å²) in [6, 6.07) is 4.03. The van der Waals surface area contributed by atoms with E-state index in [4.69, 9.17) is 26.9 Å². The highest BCUT2D eigenvalue weighted by Crippen LogP contribution is 2.59. The molecule has 3 heterocycles. The number of likely N-dealkylation sites (tertiary alicyclic amines) is 1. The molecule has 4 amide bonds. The number of ketones is 1. The van der Waals surface area contributed by atoms with Crippen molar-refractivity contribution >= 4 is 46.7 Å². The first kappa shape index (κ1) is 33.8. The molecule has 0 bridgehead atoms. The number of Topliss-reactive ketones (excluding diaryl/α,β-unsaturated/α-hetero) is 1. The van der Waals surface area contributed by atoms with E-state index in [1.54, 1.807) is 18.2 Å². The van der Waals surface area contributed by atoms with Crippen LogP contribution < -0.4 is 16.4 Å². The Balaban J connectivity index is 1.40. The number of nitrogens with one attached hydrogen (secondary N) is 2. The molecule has 46 heavy (non-hydrogen) atoms. The Morgan fingerprint density at radius 1 is 1.11 bits per heavy atom. The molecule has 0 aromatic heterocycles. The van der Waals surface area contributed by atoms with Crippen LogP contribution in [0.1, 0.15) is 78.2 Å². The second-order valence-corrected chi connectivity index (χ2v) is 14.7. The van der Waals surface area contributed by atoms with Crippen molar-refractivity contribution < 1.29 is 33.5 Å². The van der Waals surface area contributed by atoms with Gasteiger partial charge in [0, 0.05) is 42.6 Å². The van der Waals surface area contributed by atoms with Crippen LogP contribution in [0.5, 0.6) is 0 Å². The van der Waals surface area contributed by atoms with Gasteiger partial charge in [-0.05, 0) is 48.6 Å². The molecule has 5 rings (SSSR count). The standard InChI is InChI=1S/C33H44ClN5O7/c1-5-7-22(25(40)27(35)41)36-29(43)24-17-33(16-23(38-46-33)19-8-6-9-20(34)14-19)18-39(24)30(44)26(31(2,3)4)37-28(42)21-15-32(21)10-12-45-13-11-32/h6,8-9,14,21-22,24,26H,5,7,10-13,15-18H2,1-4H3,(H2,35,41)(H,36,43)(H,37,42)/t21-,22-,24-,26+,33+/m0/s1. The number of nitrogens with zero attached hydrogens (tertiary/aromatic N) is 2. The molecule has 5 atom stereocenters. The summed E-state index contributed by atoms with van der Waals surface area (Å²) in [5, 5.41) is 10.6. The summed E-state index contributed by atoms with van der Waals surface area (Å²) >= 11 is 6.22. The lowest BCUT2D eigenvalue weighted by Gasteiger charge is -2.36. The van der Waals surface area contributed by atoms with Crippen LogP contribution in [0, 0.1) is 16.7 Å². The molecule has 1 saturated carbocycles. The number of ether oxygens (including phenoxy) is 1. The summed E-state index contributed by atoms with van der Waals surface area (Å²) < 4.78 is 5.50. The van der Waals surface area contributed by atoms with Gasteiger partial charge in [0.2, 0.25) is 23.5 Å². The summed E-state index contributed by atoms with van der Waals surface area (Å²) in [5.74, 6) is -3.47. The average molecular weight is 658 g/mol. The fraction of sp³-hybridized carbons (Fsp3) is 0.636. The number of hydrogen-bond acceptors (Lipinski definition) is 8. The average Bonchev–Trinajstić information content (AvgIpc) is 3.34. The van der Waals surface area contributed by atoms with Gasteiger partial charge in [-0.2, -0.15) is 0 Å². The van der Waals surface area contributed by atoms with Crippen LogP contribution in [0.2, 0.25) is 5.02 Å². The number of rotatable bonds is 10. The maximum absolute atomic E-state index is 14.5. The number of hydrogen-bond donors (Lipinski definition) is 3. The normalized spacial score (nSPS) is 26.2. The van der Waals surface area contributed by atoms with E-state index < -0.39 is 52.6 Å². The number of benzene rings is 1. The molecule has 3 aliphatic heterocycles. The minimum absolute atomic E-state index is 0.0207. The zero-order valence-corrected chi connectivity index (χ0v) is 27.7. The van der Waals surface area contributed by atoms with Gasteiger partial charge < -0.3 is 30.8 Å². The fourth-order valence-electron chi connectivity index (χ4n) is 7.06. The van der Waals surface area contributed by atoms with Gasteiger partial charge in [-0.15, -0.1) is 0 Å². The summed E-state index contributed by atoms with van der Waals surface area (Å²) in [7, 11) is 0. The van der Waals surface area contributed by atoms with E-state index in [1.165, 1.54) is 4.90 Å². The van der Waals surface area contributed by atoms with Crippen molar-refractivity contribution in [3.05, 3.63) is 34.9 Å². The van der Waals surface area contributed by atoms with Gasteiger partial charge >= 0.3 is 0 Å². The van der Waals surface area contributed by atoms with E-state index >= 15 is 0 Å². The molecule has 250 valence electrons. The van der Waals surface area contributed by atoms with Gasteiger partial charge in [-0.25, -0.2) is 0 Å². The van der Waals surface area contributed by atoms with E-state index in [2.05, 4.69) is 15.8 Å². The third kappa shape index (κ3) is 6.92. The van der Waals surface area contributed by atoms with Gasteiger partial charge in [0.25, 0.3) is 5.91 Å². The molecule has 3 fully saturated rings. The molecule has 0 radical (unpaired) electrons. The van der Waals surface area contributed by atoms with Crippen molar-refractivity contribution in [1.29, 1.82) is 0 Å². The first-order valence-electron chi connectivity index (χ1n) is 16.0. The molecule has 4 N–H and O–H groups in total. The molecule has 1 aromatic carbocycles. The zero-order chi connectivity index (χ0) is 33.4. The van der Waals surface area contributed by atoms with Crippen LogP contribution in [0.3, 0.4) is 0 Å². The highest BCUT2D eigenvalue weighted by atomic mass is 35.5. The molecular formula is C33H44ClN5O7. The Kier molecular flexibility index (Phi) is 9.52. The molecule has 1 aliphatic carbocycles. The van der Waals surface area contributed by atoms with Gasteiger partial charge in [0.15, 0.2) is 5.60 Å². The van der Waals surface area contributed by atoms with Crippen LogP contribution in [0.25, 0.3) is 0 Å². The lowest BCUT2D eigenvalue weighted by molar-refractivity contribution is -0.145. The summed E-state index contributed by atoms with van der Waals surface area (Å²) in [5.41, 5.74) is 4.84. The Morgan fingerprint density at radius 3 is 2.46 bits per heavy atom. The summed E-state index contributed by atoms with van der Waals surface area (Å²) in [6.45, 7) is 8.67. The number of primary amides is 1. The van der Waals surface area contributed by atoms with Crippen LogP contribution in [0.4, 0.5) is 0 Å². The fourth-order valence-corrected chi connectivity index (χ4v) is 7.25. The van der Waals surface area contributed by atoms with E-state index in [0.717, 1.165) is 24.8 Å². The van der Waals surface area contributed by atoms with E-state index in [0.29, 0.717) is 36.8 Å². The number of nitrogens with two attached hydrogens (primary N) is 1. The third-order valence-electron chi connectivity index (χ3n) is 9.83. The van der Waals surface area contributed by atoms with Crippen LogP contribution in [-0.2, 0) is 33.5 Å². The maximum atomic E-state index is 14.5. The van der Waals surface area contributed by atoms with Crippen LogP contribution >= 0.6 is 11.6 Å². The Hall–Kier alpha value is -3.51. The molecular weight excluding hydrogens is 614 g/mol. The van der Waals surface area contributed by atoms with Gasteiger partial charge in [0.05, 0.1) is 18.3 Å². The molecule has 4 aliphatic rings. The van der Waals surface area contributed by atoms with Crippen molar-refractivity contribution in [3.63, 3.8) is 0 Å². The molecule has 2 saturated heterocycles. The smallest absolute Gasteiger partial charge is 0.287 e. The number of oxime groups is 1. The van der Waals surface area contributed by atoms with Crippen LogP contribution in [0.15, 0.2) is 29.4 Å². The number of amides is 4. The Morgan fingerprint density at radius 2 is 1.83 bits per heavy atom. The highest BCUT2D eigenvalue weighted by molar-refractivity contribution is 6.37. The zero-order valence-electron chi connectivity index (χ0n) is 26.9. The van der Waals surface area contributed by atoms with E-state index in [1.807, 2.05) is 33.8 Å². The van der Waals surface area contributed by atoms with E-state index in [9.17, 15) is 24.0 Å². The third-order valence-corrected chi connectivity index (χ3v) is 10.1. The molecule has 0 unspecified atom stereocenters.